The van der Waals surface area contributed by atoms with Gasteiger partial charge in [-0.25, -0.2) is 0 Å². The van der Waals surface area contributed by atoms with Crippen molar-refractivity contribution in [2.24, 2.45) is 105 Å². The Labute approximate surface area is 819 Å². The second-order valence-corrected chi connectivity index (χ2v) is 45.3. The molecule has 0 bridgehead atoms. The monoisotopic (exact) mass is 1930 g/mol. The van der Waals surface area contributed by atoms with Gasteiger partial charge in [0.1, 0.15) is 79.5 Å². The molecule has 8 aliphatic carbocycles. The van der Waals surface area contributed by atoms with Gasteiger partial charge >= 0.3 is 0 Å². The van der Waals surface area contributed by atoms with Gasteiger partial charge in [-0.1, -0.05) is 167 Å². The minimum Gasteiger partial charge on any atom is -0.393 e. The number of amides is 10. The predicted molar refractivity (Wildman–Crippen MR) is 522 cm³/mol. The molecule has 10 amide bonds. The molecule has 1 heterocycles. The van der Waals surface area contributed by atoms with Gasteiger partial charge in [0, 0.05) is 95.2 Å². The maximum atomic E-state index is 16.0. The minimum absolute atomic E-state index is 0.00912. The standard InChI is InChI=1S/C85H140N10O17.C21H28O5/c1-27-29-30-53(15)73(112-46-111-45-67(99)85(110)36-34-59-58-32-31-56-42-57(96)33-35-83(56,18)69(58)66(98)43-84(59,85)19)72-76(103)87-60(28-2)78(105)89(20)44-68(100)90(21)62(38-48(5)6)75(102)88-70(51(11)12)81(108)91(22)61(37-47(3)4)65(97)41-54(16)74(101)86-55(17)77(104)92(23)63(39-49(7)8)79(106)93(24)64(40-50(9)10)80(107)94(25)71(52(13)14)82(109)95(72)26;1-19-7-5-13(23)9-12(19)3-4-14-15-6-8-21(26,17(25)11-22)20(15,2)10-16(24)18(14)19/h27,29,33,35,42,47-55,58-64,66,69-73,98,110H,28,30-32,34,36-41,43-46H2,1-26H3,(H,86,101)(H,87,103)(H,88,102);5,7,9,14-16,18,22,24,26H,3-4,6,8,10-11H2,1-2H3/b29-27+;/t53-,54?,55?,58+,59+,60?,61?,62+,63?,64?,66+,69-,70?,71?,72?,73-,83+,84+,85+;14-,15-,16-,18+,19-,20-,21-/m10/s1. The van der Waals surface area contributed by atoms with E-state index in [0.717, 1.165) is 40.2 Å². The first-order valence-electron chi connectivity index (χ1n) is 50.6. The molecule has 0 aromatic carbocycles. The number of hydrogen-bond donors (Lipinski definition) is 8. The molecule has 32 nitrogen and oxygen atoms in total. The normalized spacial score (nSPS) is 35.6. The van der Waals surface area contributed by atoms with Crippen molar-refractivity contribution in [3.05, 3.63) is 59.8 Å². The molecule has 0 aromatic heterocycles. The van der Waals surface area contributed by atoms with E-state index in [1.54, 1.807) is 78.8 Å². The third-order valence-electron chi connectivity index (χ3n) is 33.3. The van der Waals surface area contributed by atoms with E-state index in [-0.39, 0.29) is 134 Å². The number of carbonyl (C=O) groups excluding carboxylic acids is 15. The van der Waals surface area contributed by atoms with E-state index in [1.807, 2.05) is 94.4 Å². The van der Waals surface area contributed by atoms with Gasteiger partial charge in [-0.15, -0.1) is 0 Å². The van der Waals surface area contributed by atoms with Crippen LogP contribution in [-0.2, 0) is 81.4 Å². The van der Waals surface area contributed by atoms with Crippen LogP contribution in [0.1, 0.15) is 255 Å². The number of hydrogen-bond acceptors (Lipinski definition) is 22. The highest BCUT2D eigenvalue weighted by molar-refractivity contribution is 6.03. The van der Waals surface area contributed by atoms with Crippen molar-refractivity contribution in [3.63, 3.8) is 0 Å². The summed E-state index contributed by atoms with van der Waals surface area (Å²) in [5.74, 6) is -12.3. The number of nitrogens with one attached hydrogen (secondary N) is 3. The van der Waals surface area contributed by atoms with Crippen LogP contribution in [0.25, 0.3) is 0 Å². The van der Waals surface area contributed by atoms with Crippen molar-refractivity contribution in [2.75, 3.05) is 75.9 Å². The molecule has 8 N–H and O–H groups in total. The van der Waals surface area contributed by atoms with E-state index in [2.05, 4.69) is 22.9 Å². The number of allylic oxidation sites excluding steroid dienone is 10. The van der Waals surface area contributed by atoms with E-state index < -0.39 is 227 Å². The van der Waals surface area contributed by atoms with Crippen molar-refractivity contribution in [1.29, 1.82) is 0 Å². The number of likely N-dealkylation sites (N-methyl/N-ethyl adjacent to an activating group) is 7. The summed E-state index contributed by atoms with van der Waals surface area (Å²) in [5, 5.41) is 65.1. The summed E-state index contributed by atoms with van der Waals surface area (Å²) in [6.07, 6.45) is 16.6. The molecule has 1 aliphatic heterocycles. The average molecular weight is 1930 g/mol. The zero-order chi connectivity index (χ0) is 104. The number of nitrogens with zero attached hydrogens (tertiary/aromatic N) is 7. The van der Waals surface area contributed by atoms with Gasteiger partial charge in [0.25, 0.3) is 0 Å². The van der Waals surface area contributed by atoms with Gasteiger partial charge in [-0.05, 0) is 206 Å². The quantitative estimate of drug-likeness (QED) is 0.0270. The first-order chi connectivity index (χ1) is 64.2. The number of fused-ring (bicyclic) bond motifs is 10. The van der Waals surface area contributed by atoms with E-state index in [0.29, 0.717) is 32.1 Å². The molecule has 1 saturated heterocycles. The van der Waals surface area contributed by atoms with Gasteiger partial charge in [-0.3, -0.25) is 71.9 Å². The van der Waals surface area contributed by atoms with Gasteiger partial charge in [-0.2, -0.15) is 0 Å². The lowest BCUT2D eigenvalue weighted by Gasteiger charge is -2.59. The van der Waals surface area contributed by atoms with Crippen LogP contribution in [0.4, 0.5) is 0 Å². The zero-order valence-corrected chi connectivity index (χ0v) is 87.8. The molecule has 9 rings (SSSR count). The molecule has 0 spiro atoms. The molecule has 9 unspecified atom stereocenters. The average Bonchev–Trinajstić information content (AvgIpc) is 1.50. The maximum Gasteiger partial charge on any atom is 0.246 e. The Morgan fingerprint density at radius 3 is 1.43 bits per heavy atom. The lowest BCUT2D eigenvalue weighted by molar-refractivity contribution is -0.186. The molecule has 6 saturated carbocycles. The van der Waals surface area contributed by atoms with Crippen LogP contribution in [0, 0.1) is 105 Å². The molecule has 0 radical (unpaired) electrons. The second-order valence-electron chi connectivity index (χ2n) is 45.3. The first kappa shape index (κ1) is 115. The van der Waals surface area contributed by atoms with Crippen molar-refractivity contribution in [2.45, 2.75) is 338 Å². The summed E-state index contributed by atoms with van der Waals surface area (Å²) in [4.78, 5) is 225. The summed E-state index contributed by atoms with van der Waals surface area (Å²) in [6, 6.07) is -11.5. The van der Waals surface area contributed by atoms with Gasteiger partial charge in [0.15, 0.2) is 28.9 Å². The van der Waals surface area contributed by atoms with Crippen molar-refractivity contribution in [3.8, 4) is 0 Å². The fraction of sp³-hybridized carbons (Fsp3) is 0.764. The summed E-state index contributed by atoms with van der Waals surface area (Å²) in [5.41, 5.74) is -4.14. The zero-order valence-electron chi connectivity index (χ0n) is 87.8. The molecular formula is C106H168N10O22. The Morgan fingerprint density at radius 2 is 0.971 bits per heavy atom. The fourth-order valence-electron chi connectivity index (χ4n) is 25.2. The lowest BCUT2D eigenvalue weighted by Crippen LogP contribution is -2.64. The smallest absolute Gasteiger partial charge is 0.246 e. The summed E-state index contributed by atoms with van der Waals surface area (Å²) in [7, 11) is 9.98. The number of ether oxygens (including phenoxy) is 2. The van der Waals surface area contributed by atoms with Crippen LogP contribution >= 0.6 is 0 Å². The molecule has 138 heavy (non-hydrogen) atoms. The molecular weight excluding hydrogens is 1770 g/mol. The third kappa shape index (κ3) is 23.8. The van der Waals surface area contributed by atoms with E-state index in [1.165, 1.54) is 87.7 Å². The van der Waals surface area contributed by atoms with Crippen molar-refractivity contribution >= 4 is 88.0 Å². The number of rotatable bonds is 23. The predicted octanol–water partition coefficient (Wildman–Crippen LogP) is 8.49. The SMILES string of the molecule is C/C=C/C[C@@H](C)[C@@H](OCOCC(=O)[C@@]1(O)CC[C@H]2[C@@H]3CCC4=CC(=O)C=C[C@]4(C)[C@H]3[C@@H](O)C[C@@]21C)C1C(=O)NC(CC)C(=O)N(C)CC(=O)N(C)[C@@H](CC(C)C)C(=O)NC(C(C)C)C(=O)N(C)C(CC(C)C)C(=O)CC(C)C(=O)NC(C)C(=O)N(C)C(CC(C)C)C(=O)N(C)C(CC(C)C)C(=O)N(C)C(C(C)C)C(=O)N1C.C[C@]12C=CC(=O)C=C1CC[C@@H]1[C@@H]2[C@@H](O)C[C@@]2(C)[C@H]1CC[C@]2(O)C(=O)CO. The molecule has 7 fully saturated rings. The van der Waals surface area contributed by atoms with Crippen LogP contribution in [-0.4, -0.2) is 308 Å². The van der Waals surface area contributed by atoms with Gasteiger partial charge in [0.2, 0.25) is 59.1 Å². The van der Waals surface area contributed by atoms with Gasteiger partial charge in [0.05, 0.1) is 30.9 Å². The Bertz CT molecular complexity index is 4630. The molecule has 9 aliphatic rings. The van der Waals surface area contributed by atoms with Crippen LogP contribution in [0.5, 0.6) is 0 Å². The summed E-state index contributed by atoms with van der Waals surface area (Å²) >= 11 is 0. The highest BCUT2D eigenvalue weighted by Gasteiger charge is 2.70. The Balaban J connectivity index is 0.000000761. The number of ketones is 5. The molecule has 32 heteroatoms. The molecule has 0 aromatic rings. The largest absolute Gasteiger partial charge is 0.393 e. The number of carbonyl (C=O) groups is 15. The van der Waals surface area contributed by atoms with Crippen LogP contribution in [0.3, 0.4) is 0 Å². The lowest BCUT2D eigenvalue weighted by atomic mass is 9.46. The number of aliphatic hydroxyl groups excluding tert-OH is 3. The van der Waals surface area contributed by atoms with E-state index >= 15 is 19.2 Å². The van der Waals surface area contributed by atoms with Crippen LogP contribution in [0.15, 0.2) is 59.8 Å². The highest BCUT2D eigenvalue weighted by Crippen LogP contribution is 2.69. The molecule has 774 valence electrons. The third-order valence-corrected chi connectivity index (χ3v) is 33.3. The molecule has 26 atom stereocenters. The highest BCUT2D eigenvalue weighted by atomic mass is 16.7. The van der Waals surface area contributed by atoms with Gasteiger partial charge < -0.3 is 85.3 Å². The van der Waals surface area contributed by atoms with Crippen molar-refractivity contribution in [1.82, 2.24) is 50.2 Å². The second kappa shape index (κ2) is 46.7. The Hall–Kier alpha value is -8.53. The topological polar surface area (TPSA) is 434 Å². The minimum atomic E-state index is -1.93. The first-order valence-corrected chi connectivity index (χ1v) is 50.6. The number of Topliss-reactive ketones (excluding diaryl/α,β-unsaturated/α-hetero) is 3. The maximum absolute atomic E-state index is 16.0. The van der Waals surface area contributed by atoms with E-state index in [9.17, 15) is 78.3 Å². The van der Waals surface area contributed by atoms with Crippen molar-refractivity contribution < 1.29 is 107 Å². The number of aliphatic hydroxyl groups is 5. The Morgan fingerprint density at radius 1 is 0.522 bits per heavy atom. The fourth-order valence-corrected chi connectivity index (χ4v) is 25.2. The van der Waals surface area contributed by atoms with Crippen LogP contribution < -0.4 is 16.0 Å². The summed E-state index contributed by atoms with van der Waals surface area (Å²) in [6.45, 7) is 35.5. The van der Waals surface area contributed by atoms with E-state index in [4.69, 9.17) is 9.47 Å². The summed E-state index contributed by atoms with van der Waals surface area (Å²) < 4.78 is 12.8. The van der Waals surface area contributed by atoms with Crippen LogP contribution in [0.2, 0.25) is 0 Å². The Kier molecular flexibility index (Phi) is 38.8.